The van der Waals surface area contributed by atoms with Crippen LogP contribution in [0.2, 0.25) is 13.1 Å². The van der Waals surface area contributed by atoms with E-state index in [-0.39, 0.29) is 48.0 Å². The van der Waals surface area contributed by atoms with Gasteiger partial charge in [-0.1, -0.05) is 145 Å². The van der Waals surface area contributed by atoms with Gasteiger partial charge in [-0.3, -0.25) is 0 Å². The maximum Gasteiger partial charge on any atom is 2.00 e. The summed E-state index contributed by atoms with van der Waals surface area (Å²) in [5, 5.41) is 3.74. The molecule has 13 heteroatoms. The van der Waals surface area contributed by atoms with Crippen molar-refractivity contribution in [3.63, 3.8) is 0 Å². The molecule has 0 saturated carbocycles. The third-order valence-corrected chi connectivity index (χ3v) is 14.9. The topological polar surface area (TPSA) is 0 Å². The zero-order valence-corrected chi connectivity index (χ0v) is 46.4. The van der Waals surface area contributed by atoms with Crippen LogP contribution in [0, 0.1) is 81.9 Å². The smallest absolute Gasteiger partial charge is 0.165 e. The van der Waals surface area contributed by atoms with Crippen molar-refractivity contribution < 1.29 is 70.1 Å². The van der Waals surface area contributed by atoms with Crippen LogP contribution in [0.25, 0.3) is 44.3 Å². The van der Waals surface area contributed by atoms with E-state index in [1.165, 1.54) is 34.4 Å². The fourth-order valence-electron chi connectivity index (χ4n) is 9.70. The second-order valence-electron chi connectivity index (χ2n) is 18.8. The van der Waals surface area contributed by atoms with Crippen LogP contribution in [0.3, 0.4) is 0 Å². The molecular formula is C66H45BF10SiZr. The molecular weight excluding hydrogens is 1110 g/mol. The van der Waals surface area contributed by atoms with Crippen molar-refractivity contribution in [2.24, 2.45) is 5.92 Å². The molecule has 1 unspecified atom stereocenters. The summed E-state index contributed by atoms with van der Waals surface area (Å²) in [6, 6.07) is 62.8. The molecule has 0 spiro atoms. The van der Waals surface area contributed by atoms with Crippen molar-refractivity contribution >= 4 is 70.6 Å². The summed E-state index contributed by atoms with van der Waals surface area (Å²) in [6.45, 7) is 7.71. The molecule has 0 fully saturated rings. The Kier molecular flexibility index (Phi) is 18.3. The predicted molar refractivity (Wildman–Crippen MR) is 297 cm³/mol. The van der Waals surface area contributed by atoms with Gasteiger partial charge in [-0.15, -0.1) is 69.9 Å². The Morgan fingerprint density at radius 2 is 0.987 bits per heavy atom. The van der Waals surface area contributed by atoms with Crippen LogP contribution >= 0.6 is 0 Å². The summed E-state index contributed by atoms with van der Waals surface area (Å²) in [7, 11) is -1.54. The molecule has 0 aliphatic heterocycles. The van der Waals surface area contributed by atoms with E-state index < -0.39 is 83.5 Å². The summed E-state index contributed by atoms with van der Waals surface area (Å²) in [5.41, 5.74) is 5.26. The van der Waals surface area contributed by atoms with Crippen molar-refractivity contribution in [1.29, 1.82) is 0 Å². The molecule has 1 aliphatic rings. The Morgan fingerprint density at radius 3 is 1.54 bits per heavy atom. The summed E-state index contributed by atoms with van der Waals surface area (Å²) in [4.78, 5) is 0.505. The first-order valence-electron chi connectivity index (χ1n) is 24.7. The second-order valence-corrected chi connectivity index (χ2v) is 21.3. The molecule has 79 heavy (non-hydrogen) atoms. The van der Waals surface area contributed by atoms with Crippen LogP contribution < -0.4 is 10.7 Å². The van der Waals surface area contributed by atoms with Crippen LogP contribution in [0.15, 0.2) is 188 Å². The number of benzene rings is 9. The molecule has 10 aromatic rings. The van der Waals surface area contributed by atoms with Gasteiger partial charge < -0.3 is 0 Å². The molecule has 10 aromatic carbocycles. The summed E-state index contributed by atoms with van der Waals surface area (Å²) >= 11 is 0. The van der Waals surface area contributed by atoms with Gasteiger partial charge in [-0.25, -0.2) is 0 Å². The van der Waals surface area contributed by atoms with Crippen LogP contribution in [-0.2, 0) is 26.2 Å². The molecule has 0 radical (unpaired) electrons. The van der Waals surface area contributed by atoms with Crippen LogP contribution in [0.4, 0.5) is 43.9 Å². The average Bonchev–Trinajstić information content (AvgIpc) is 3.08. The first-order chi connectivity index (χ1) is 37.5. The Bertz CT molecular complexity index is 3940. The second kappa shape index (κ2) is 25.1. The standard InChI is InChI=1S/C28H15BF10Si.C28H21.C10H9.Zr/c1-9-13(16-19(30)23(34)27(38)24(35)20(16)31)15-12(40(2)3)8-10-6-4-5-7-11(10)14(15)17(9)29-18-21(32)25(36)28(39)26(37)22(18)33;1-5-13-23(14-6-1)21-27(25-17-9-3-10-18-25)28(26-19-11-4-12-20-26)22-24-15-7-2-8-16-24;1-8-6-9-4-2-3-5-10(9)7-8;/h4-9H,1-3H3;1-21H;2-7H,1H3;/q;2*-1;+2. The zero-order chi connectivity index (χ0) is 55.4. The van der Waals surface area contributed by atoms with E-state index >= 15 is 8.78 Å². The molecule has 0 saturated heterocycles. The number of aryl methyl sites for hydroxylation is 1. The largest absolute Gasteiger partial charge is 2.00 e. The fraction of sp³-hybridized carbons (Fsp3) is 0.0758. The van der Waals surface area contributed by atoms with Crippen molar-refractivity contribution in [1.82, 2.24) is 0 Å². The van der Waals surface area contributed by atoms with Gasteiger partial charge in [0.2, 0.25) is 0 Å². The zero-order valence-electron chi connectivity index (χ0n) is 42.9. The number of allylic oxidation sites excluding steroid dienone is 2. The third-order valence-electron chi connectivity index (χ3n) is 13.4. The molecule has 0 heterocycles. The Labute approximate surface area is 472 Å². The van der Waals surface area contributed by atoms with Gasteiger partial charge >= 0.3 is 248 Å². The van der Waals surface area contributed by atoms with Gasteiger partial charge in [-0.05, 0) is 5.56 Å². The minimum absolute atomic E-state index is 0. The SMILES string of the molecule is CC1C(=Bc2c(F)c(F)c(F)c(F)c2F)c2c(c(=[Si](C)C)cc3ccccc23)=C1c1c(F)c(F)c(F)c(F)c1F.Cc1cc2ccccc2[cH-]1.[C-](=C(C(=Cc1ccccc1)c1ccccc1)c1ccccc1)c1ccccc1.[Zr+2]. The molecule has 1 aliphatic carbocycles. The van der Waals surface area contributed by atoms with Crippen LogP contribution in [0.5, 0.6) is 0 Å². The number of fused-ring (bicyclic) bond motifs is 4. The molecule has 0 aromatic heterocycles. The number of halogens is 10. The minimum atomic E-state index is -2.37. The van der Waals surface area contributed by atoms with E-state index in [0.29, 0.717) is 22.5 Å². The number of rotatable bonds is 7. The van der Waals surface area contributed by atoms with Crippen molar-refractivity contribution in [2.75, 3.05) is 0 Å². The minimum Gasteiger partial charge on any atom is -0.165 e. The predicted octanol–water partition coefficient (Wildman–Crippen LogP) is 16.2. The first-order valence-corrected chi connectivity index (χ1v) is 27.2. The van der Waals surface area contributed by atoms with Crippen molar-refractivity contribution in [3.05, 3.63) is 301 Å². The Hall–Kier alpha value is -7.47. The first kappa shape index (κ1) is 57.7. The van der Waals surface area contributed by atoms with E-state index in [0.717, 1.165) is 22.3 Å². The molecule has 0 nitrogen and oxygen atoms in total. The van der Waals surface area contributed by atoms with Gasteiger partial charge in [-0.2, -0.15) is 6.07 Å². The summed E-state index contributed by atoms with van der Waals surface area (Å²) < 4.78 is 144. The normalized spacial score (nSPS) is 13.5. The Morgan fingerprint density at radius 1 is 0.519 bits per heavy atom. The quantitative estimate of drug-likeness (QED) is 0.0284. The maximum absolute atomic E-state index is 15.2. The number of hydrogen-bond acceptors (Lipinski definition) is 0. The Balaban J connectivity index is 0.000000181. The van der Waals surface area contributed by atoms with Gasteiger partial charge in [0, 0.05) is 0 Å². The van der Waals surface area contributed by atoms with E-state index in [4.69, 9.17) is 0 Å². The van der Waals surface area contributed by atoms with Gasteiger partial charge in [0.1, 0.15) is 0 Å². The molecule has 0 amide bonds. The van der Waals surface area contributed by atoms with E-state index in [9.17, 15) is 35.1 Å². The van der Waals surface area contributed by atoms with Crippen molar-refractivity contribution in [3.8, 4) is 0 Å². The summed E-state index contributed by atoms with van der Waals surface area (Å²) in [5.74, 6) is -23.3. The molecule has 390 valence electrons. The van der Waals surface area contributed by atoms with E-state index in [2.05, 4.69) is 146 Å². The van der Waals surface area contributed by atoms with E-state index in [1.807, 2.05) is 43.4 Å². The van der Waals surface area contributed by atoms with E-state index in [1.54, 1.807) is 30.3 Å². The van der Waals surface area contributed by atoms with Crippen LogP contribution in [-0.4, -0.2) is 20.8 Å². The van der Waals surface area contributed by atoms with Gasteiger partial charge in [0.25, 0.3) is 0 Å². The van der Waals surface area contributed by atoms with Crippen molar-refractivity contribution in [2.45, 2.75) is 26.9 Å². The van der Waals surface area contributed by atoms with Gasteiger partial charge in [0.15, 0.2) is 0 Å². The fourth-order valence-corrected chi connectivity index (χ4v) is 10.9. The number of hydrogen-bond donors (Lipinski definition) is 0. The summed E-state index contributed by atoms with van der Waals surface area (Å²) in [6.07, 6.45) is 5.91. The molecule has 1 atom stereocenters. The third kappa shape index (κ3) is 11.9. The van der Waals surface area contributed by atoms with Gasteiger partial charge in [0.05, 0.1) is 0 Å². The average molecular weight is 1160 g/mol. The monoisotopic (exact) mass is 1160 g/mol. The van der Waals surface area contributed by atoms with Crippen LogP contribution in [0.1, 0.15) is 45.9 Å². The maximum atomic E-state index is 15.2. The molecule has 0 N–H and O–H groups in total. The molecule has 11 rings (SSSR count). The molecule has 0 bridgehead atoms.